The highest BCUT2D eigenvalue weighted by molar-refractivity contribution is 6.09. The van der Waals surface area contributed by atoms with E-state index in [1.165, 1.54) is 6.07 Å². The van der Waals surface area contributed by atoms with E-state index in [2.05, 4.69) is 17.6 Å². The Kier molecular flexibility index (Phi) is 5.46. The minimum atomic E-state index is -0.851. The highest BCUT2D eigenvalue weighted by Gasteiger charge is 2.52. The molecule has 1 saturated heterocycles. The quantitative estimate of drug-likeness (QED) is 0.760. The van der Waals surface area contributed by atoms with Gasteiger partial charge in [-0.3, -0.25) is 14.5 Å². The van der Waals surface area contributed by atoms with Crippen molar-refractivity contribution in [1.82, 2.24) is 15.5 Å². The van der Waals surface area contributed by atoms with Gasteiger partial charge >= 0.3 is 6.03 Å². The van der Waals surface area contributed by atoms with Crippen molar-refractivity contribution in [2.24, 2.45) is 5.92 Å². The van der Waals surface area contributed by atoms with Gasteiger partial charge in [0.05, 0.1) is 0 Å². The van der Waals surface area contributed by atoms with E-state index in [4.69, 9.17) is 0 Å². The van der Waals surface area contributed by atoms with Gasteiger partial charge in [0.15, 0.2) is 0 Å². The summed E-state index contributed by atoms with van der Waals surface area (Å²) in [6.45, 7) is 5.67. The summed E-state index contributed by atoms with van der Waals surface area (Å²) in [6.07, 6.45) is 2.97. The number of carbonyl (C=O) groups excluding carboxylic acids is 3. The van der Waals surface area contributed by atoms with Crippen molar-refractivity contribution in [3.63, 3.8) is 0 Å². The number of benzene rings is 1. The molecule has 0 atom stereocenters. The van der Waals surface area contributed by atoms with Crippen molar-refractivity contribution in [2.45, 2.75) is 57.4 Å². The number of hydrogen-bond acceptors (Lipinski definition) is 3. The van der Waals surface area contributed by atoms with Gasteiger partial charge in [0, 0.05) is 12.0 Å². The summed E-state index contributed by atoms with van der Waals surface area (Å²) in [5, 5.41) is 5.54. The third kappa shape index (κ3) is 3.88. The molecule has 3 rings (SSSR count). The third-order valence-corrected chi connectivity index (χ3v) is 6.01. The summed E-state index contributed by atoms with van der Waals surface area (Å²) in [5.74, 6) is -0.542. The predicted octanol–water partition coefficient (Wildman–Crippen LogP) is 2.72. The van der Waals surface area contributed by atoms with Crippen LogP contribution in [0.3, 0.4) is 0 Å². The van der Waals surface area contributed by atoms with Crippen LogP contribution in [0.15, 0.2) is 24.3 Å². The van der Waals surface area contributed by atoms with Crippen LogP contribution in [-0.2, 0) is 15.0 Å². The molecule has 2 fully saturated rings. The smallest absolute Gasteiger partial charge is 0.325 e. The van der Waals surface area contributed by atoms with Crippen molar-refractivity contribution in [2.75, 3.05) is 13.1 Å². The second-order valence-corrected chi connectivity index (χ2v) is 8.73. The highest BCUT2D eigenvalue weighted by atomic mass is 19.1. The average Bonchev–Trinajstić information content (AvgIpc) is 2.87. The molecule has 1 aliphatic heterocycles. The lowest BCUT2D eigenvalue weighted by Crippen LogP contribution is -2.50. The van der Waals surface area contributed by atoms with Gasteiger partial charge in [-0.2, -0.15) is 0 Å². The van der Waals surface area contributed by atoms with Crippen LogP contribution in [0.5, 0.6) is 0 Å². The molecule has 2 N–H and O–H groups in total. The molecule has 0 unspecified atom stereocenters. The van der Waals surface area contributed by atoms with Gasteiger partial charge in [-0.1, -0.05) is 39.0 Å². The molecule has 4 amide bonds. The summed E-state index contributed by atoms with van der Waals surface area (Å²) in [4.78, 5) is 38.5. The minimum absolute atomic E-state index is 0.194. The van der Waals surface area contributed by atoms with Crippen LogP contribution in [0.4, 0.5) is 9.18 Å². The molecule has 1 aromatic rings. The number of nitrogens with zero attached hydrogens (tertiary/aromatic N) is 1. The Balaban J connectivity index is 1.60. The first kappa shape index (κ1) is 20.3. The van der Waals surface area contributed by atoms with Crippen LogP contribution in [0, 0.1) is 11.7 Å². The second kappa shape index (κ2) is 7.53. The zero-order valence-electron chi connectivity index (χ0n) is 16.7. The van der Waals surface area contributed by atoms with Gasteiger partial charge in [0.2, 0.25) is 5.91 Å². The van der Waals surface area contributed by atoms with Gasteiger partial charge < -0.3 is 10.6 Å². The third-order valence-electron chi connectivity index (χ3n) is 6.01. The van der Waals surface area contributed by atoms with E-state index in [-0.39, 0.29) is 24.8 Å². The monoisotopic (exact) mass is 389 g/mol. The molecule has 2 aliphatic rings. The maximum absolute atomic E-state index is 14.1. The lowest BCUT2D eigenvalue weighted by molar-refractivity contribution is -0.136. The van der Waals surface area contributed by atoms with Crippen LogP contribution >= 0.6 is 0 Å². The van der Waals surface area contributed by atoms with Crippen LogP contribution in [0.25, 0.3) is 0 Å². The number of amides is 4. The van der Waals surface area contributed by atoms with Crippen molar-refractivity contribution in [1.29, 1.82) is 0 Å². The van der Waals surface area contributed by atoms with E-state index in [0.29, 0.717) is 24.3 Å². The zero-order valence-corrected chi connectivity index (χ0v) is 16.7. The Labute approximate surface area is 164 Å². The topological polar surface area (TPSA) is 78.5 Å². The van der Waals surface area contributed by atoms with Gasteiger partial charge in [0.25, 0.3) is 5.91 Å². The molecule has 28 heavy (non-hydrogen) atoms. The van der Waals surface area contributed by atoms with Crippen molar-refractivity contribution in [3.05, 3.63) is 35.6 Å². The van der Waals surface area contributed by atoms with E-state index >= 15 is 0 Å². The molecule has 0 bridgehead atoms. The summed E-state index contributed by atoms with van der Waals surface area (Å²) in [6, 6.07) is 5.93. The van der Waals surface area contributed by atoms with Crippen LogP contribution in [-0.4, -0.2) is 41.4 Å². The van der Waals surface area contributed by atoms with E-state index < -0.39 is 22.9 Å². The first-order valence-corrected chi connectivity index (χ1v) is 9.80. The molecule has 152 valence electrons. The van der Waals surface area contributed by atoms with E-state index in [1.807, 2.05) is 13.8 Å². The standard InChI is InChI=1S/C21H28FN3O3/c1-14-8-10-21(11-9-14)18(27)25(19(28)24-21)12-17(26)23-13-20(2,3)15-6-4-5-7-16(15)22/h4-7,14H,8-13H2,1-3H3,(H,23,26)(H,24,28). The van der Waals surface area contributed by atoms with Crippen molar-refractivity contribution >= 4 is 17.8 Å². The average molecular weight is 389 g/mol. The zero-order chi connectivity index (χ0) is 20.5. The van der Waals surface area contributed by atoms with E-state index in [0.717, 1.165) is 17.7 Å². The van der Waals surface area contributed by atoms with Gasteiger partial charge in [-0.15, -0.1) is 0 Å². The fraction of sp³-hybridized carbons (Fsp3) is 0.571. The van der Waals surface area contributed by atoms with Gasteiger partial charge in [-0.05, 0) is 43.2 Å². The summed E-state index contributed by atoms with van der Waals surface area (Å²) in [7, 11) is 0. The fourth-order valence-electron chi connectivity index (χ4n) is 4.04. The molecule has 7 heteroatoms. The van der Waals surface area contributed by atoms with Crippen molar-refractivity contribution in [3.8, 4) is 0 Å². The Morgan fingerprint density at radius 3 is 2.57 bits per heavy atom. The molecule has 0 radical (unpaired) electrons. The van der Waals surface area contributed by atoms with Crippen LogP contribution in [0.1, 0.15) is 52.0 Å². The summed E-state index contributed by atoms with van der Waals surface area (Å²) >= 11 is 0. The first-order chi connectivity index (χ1) is 13.1. The maximum Gasteiger partial charge on any atom is 0.325 e. The SMILES string of the molecule is CC1CCC2(CC1)NC(=O)N(CC(=O)NCC(C)(C)c1ccccc1F)C2=O. The molecule has 1 aromatic carbocycles. The molecular weight excluding hydrogens is 361 g/mol. The Morgan fingerprint density at radius 1 is 1.29 bits per heavy atom. The van der Waals surface area contributed by atoms with Gasteiger partial charge in [-0.25, -0.2) is 9.18 Å². The first-order valence-electron chi connectivity index (χ1n) is 9.80. The summed E-state index contributed by atoms with van der Waals surface area (Å²) in [5.41, 5.74) is -0.976. The lowest BCUT2D eigenvalue weighted by Gasteiger charge is -2.33. The lowest BCUT2D eigenvalue weighted by atomic mass is 9.77. The molecule has 1 aliphatic carbocycles. The maximum atomic E-state index is 14.1. The van der Waals surface area contributed by atoms with Gasteiger partial charge in [0.1, 0.15) is 17.9 Å². The number of imide groups is 1. The largest absolute Gasteiger partial charge is 0.354 e. The highest BCUT2D eigenvalue weighted by Crippen LogP contribution is 2.36. The number of nitrogens with one attached hydrogen (secondary N) is 2. The fourth-order valence-corrected chi connectivity index (χ4v) is 4.04. The number of hydrogen-bond donors (Lipinski definition) is 2. The second-order valence-electron chi connectivity index (χ2n) is 8.73. The summed E-state index contributed by atoms with van der Waals surface area (Å²) < 4.78 is 14.1. The Bertz CT molecular complexity index is 785. The number of rotatable bonds is 5. The number of carbonyl (C=O) groups is 3. The molecule has 1 heterocycles. The van der Waals surface area contributed by atoms with E-state index in [1.54, 1.807) is 18.2 Å². The normalized spacial score (nSPS) is 25.1. The number of halogens is 1. The minimum Gasteiger partial charge on any atom is -0.354 e. The van der Waals surface area contributed by atoms with E-state index in [9.17, 15) is 18.8 Å². The Hall–Kier alpha value is -2.44. The molecule has 1 saturated carbocycles. The van der Waals surface area contributed by atoms with Crippen molar-refractivity contribution < 1.29 is 18.8 Å². The Morgan fingerprint density at radius 2 is 1.93 bits per heavy atom. The van der Waals surface area contributed by atoms with Crippen LogP contribution in [0.2, 0.25) is 0 Å². The number of urea groups is 1. The molecule has 6 nitrogen and oxygen atoms in total. The molecule has 1 spiro atoms. The van der Waals surface area contributed by atoms with Crippen LogP contribution < -0.4 is 10.6 Å². The predicted molar refractivity (Wildman–Crippen MR) is 103 cm³/mol. The molecule has 0 aromatic heterocycles. The molecular formula is C21H28FN3O3.